The lowest BCUT2D eigenvalue weighted by atomic mass is 9.68. The summed E-state index contributed by atoms with van der Waals surface area (Å²) in [7, 11) is -3.73. The van der Waals surface area contributed by atoms with Crippen molar-refractivity contribution in [1.29, 1.82) is 0 Å². The number of nitrogens with zero attached hydrogens (tertiary/aromatic N) is 1. The van der Waals surface area contributed by atoms with Crippen LogP contribution in [0.4, 0.5) is 10.5 Å². The van der Waals surface area contributed by atoms with Crippen LogP contribution in [0.3, 0.4) is 0 Å². The number of carbonyl (C=O) groups is 2. The highest BCUT2D eigenvalue weighted by Crippen LogP contribution is 2.40. The van der Waals surface area contributed by atoms with E-state index in [0.29, 0.717) is 6.29 Å². The van der Waals surface area contributed by atoms with Crippen LogP contribution in [-0.4, -0.2) is 60.4 Å². The molecule has 32 heavy (non-hydrogen) atoms. The predicted octanol–water partition coefficient (Wildman–Crippen LogP) is 2.44. The molecular formula is C23H30NO7S+. The summed E-state index contributed by atoms with van der Waals surface area (Å²) >= 11 is 0. The Morgan fingerprint density at radius 3 is 2.31 bits per heavy atom. The molecule has 0 bridgehead atoms. The molecule has 1 aromatic carbocycles. The molecule has 2 fully saturated rings. The summed E-state index contributed by atoms with van der Waals surface area (Å²) in [4.78, 5) is 23.8. The van der Waals surface area contributed by atoms with Crippen molar-refractivity contribution in [2.45, 2.75) is 56.5 Å². The normalized spacial score (nSPS) is 29.8. The standard InChI is InChI=1S/C23H30NO7S/c1-22(2,27)18-11-17(12-18)6-5-16-7-9-19(10-8-16)24(28)14-20(31-21(24)26)13-23(3,15-25)32(4,29)30/h7-10,15,17-18,20,27-28H,11-14H2,1-4H3/q+1/t17?,18?,20-,23?,24+/m0/s1. The minimum absolute atomic E-state index is 0.205. The molecular weight excluding hydrogens is 434 g/mol. The fourth-order valence-corrected chi connectivity index (χ4v) is 4.64. The van der Waals surface area contributed by atoms with Gasteiger partial charge in [-0.15, -0.1) is 0 Å². The number of sulfone groups is 1. The number of hydrogen-bond donors (Lipinski definition) is 2. The van der Waals surface area contributed by atoms with Gasteiger partial charge in [-0.05, 0) is 56.3 Å². The summed E-state index contributed by atoms with van der Waals surface area (Å²) in [6.45, 7) is 4.68. The molecule has 8 nitrogen and oxygen atoms in total. The second kappa shape index (κ2) is 8.27. The molecule has 1 heterocycles. The molecule has 3 atom stereocenters. The van der Waals surface area contributed by atoms with Crippen molar-refractivity contribution >= 4 is 27.9 Å². The van der Waals surface area contributed by atoms with E-state index in [-0.39, 0.29) is 30.5 Å². The Morgan fingerprint density at radius 2 is 1.81 bits per heavy atom. The highest BCUT2D eigenvalue weighted by molar-refractivity contribution is 7.92. The number of hydroxylamine groups is 2. The van der Waals surface area contributed by atoms with Crippen LogP contribution in [0.2, 0.25) is 0 Å². The minimum atomic E-state index is -3.73. The highest BCUT2D eigenvalue weighted by atomic mass is 32.2. The molecule has 1 unspecified atom stereocenters. The summed E-state index contributed by atoms with van der Waals surface area (Å²) in [6, 6.07) is 6.53. The van der Waals surface area contributed by atoms with Crippen LogP contribution in [0, 0.1) is 23.7 Å². The molecule has 174 valence electrons. The second-order valence-corrected chi connectivity index (χ2v) is 12.2. The number of rotatable bonds is 6. The van der Waals surface area contributed by atoms with Gasteiger partial charge < -0.3 is 14.6 Å². The van der Waals surface area contributed by atoms with Gasteiger partial charge in [0, 0.05) is 36.3 Å². The first-order chi connectivity index (χ1) is 14.7. The van der Waals surface area contributed by atoms with Gasteiger partial charge in [-0.1, -0.05) is 11.8 Å². The van der Waals surface area contributed by atoms with E-state index in [0.717, 1.165) is 24.7 Å². The van der Waals surface area contributed by atoms with Crippen molar-refractivity contribution in [2.75, 3.05) is 12.8 Å². The predicted molar refractivity (Wildman–Crippen MR) is 118 cm³/mol. The maximum Gasteiger partial charge on any atom is 0.555 e. The molecule has 2 N–H and O–H groups in total. The number of hydrogen-bond acceptors (Lipinski definition) is 7. The Morgan fingerprint density at radius 1 is 1.22 bits per heavy atom. The molecule has 9 heteroatoms. The van der Waals surface area contributed by atoms with Crippen molar-refractivity contribution in [3.63, 3.8) is 0 Å². The summed E-state index contributed by atoms with van der Waals surface area (Å²) in [6.07, 6.45) is 0.893. The van der Waals surface area contributed by atoms with Crippen LogP contribution in [0.1, 0.15) is 45.6 Å². The zero-order valence-electron chi connectivity index (χ0n) is 18.7. The molecule has 1 aliphatic heterocycles. The van der Waals surface area contributed by atoms with Gasteiger partial charge in [-0.2, -0.15) is 4.79 Å². The molecule has 2 aliphatic rings. The van der Waals surface area contributed by atoms with E-state index in [9.17, 15) is 28.3 Å². The zero-order valence-corrected chi connectivity index (χ0v) is 19.6. The average Bonchev–Trinajstić information content (AvgIpc) is 2.93. The van der Waals surface area contributed by atoms with E-state index in [2.05, 4.69) is 11.8 Å². The Hall–Kier alpha value is -2.25. The summed E-state index contributed by atoms with van der Waals surface area (Å²) in [5.74, 6) is 6.76. The van der Waals surface area contributed by atoms with Crippen molar-refractivity contribution in [3.8, 4) is 11.8 Å². The van der Waals surface area contributed by atoms with Crippen LogP contribution in [0.15, 0.2) is 24.3 Å². The van der Waals surface area contributed by atoms with Gasteiger partial charge in [0.15, 0.2) is 28.2 Å². The molecule has 0 spiro atoms. The van der Waals surface area contributed by atoms with E-state index < -0.39 is 37.0 Å². The van der Waals surface area contributed by atoms with Crippen LogP contribution < -0.4 is 4.65 Å². The first kappa shape index (κ1) is 24.4. The van der Waals surface area contributed by atoms with Gasteiger partial charge in [0.05, 0.1) is 5.60 Å². The Kier molecular flexibility index (Phi) is 6.30. The van der Waals surface area contributed by atoms with Crippen LogP contribution in [0.25, 0.3) is 0 Å². The summed E-state index contributed by atoms with van der Waals surface area (Å²) in [5, 5.41) is 20.9. The van der Waals surface area contributed by atoms with Gasteiger partial charge in [0.25, 0.3) is 0 Å². The van der Waals surface area contributed by atoms with Gasteiger partial charge in [0.1, 0.15) is 11.0 Å². The quantitative estimate of drug-likeness (QED) is 0.287. The van der Waals surface area contributed by atoms with Crippen molar-refractivity contribution in [1.82, 2.24) is 4.65 Å². The maximum atomic E-state index is 12.4. The minimum Gasteiger partial charge on any atom is -0.408 e. The number of ether oxygens (including phenoxy) is 1. The number of quaternary nitrogens is 1. The van der Waals surface area contributed by atoms with Gasteiger partial charge in [0.2, 0.25) is 0 Å². The smallest absolute Gasteiger partial charge is 0.408 e. The number of benzene rings is 1. The zero-order chi connectivity index (χ0) is 23.9. The van der Waals surface area contributed by atoms with Crippen molar-refractivity contribution in [3.05, 3.63) is 29.8 Å². The molecule has 1 aromatic rings. The Bertz CT molecular complexity index is 1060. The molecule has 0 radical (unpaired) electrons. The van der Waals surface area contributed by atoms with Crippen LogP contribution in [-0.2, 0) is 19.4 Å². The van der Waals surface area contributed by atoms with Gasteiger partial charge in [-0.3, -0.25) is 0 Å². The number of amides is 1. The van der Waals surface area contributed by atoms with Gasteiger partial charge in [-0.25, -0.2) is 13.6 Å². The SMILES string of the molecule is CC(C)(O)C1CC(C#Cc2ccc([N@+]3(O)C[C@H](CC(C)(C=O)S(C)(=O)=O)OC3=O)cc2)C1. The fourth-order valence-electron chi connectivity index (χ4n) is 3.98. The van der Waals surface area contributed by atoms with Crippen LogP contribution >= 0.6 is 0 Å². The van der Waals surface area contributed by atoms with Crippen molar-refractivity contribution in [2.24, 2.45) is 11.8 Å². The first-order valence-corrected chi connectivity index (χ1v) is 12.4. The molecule has 1 saturated carbocycles. The van der Waals surface area contributed by atoms with E-state index in [1.54, 1.807) is 24.3 Å². The summed E-state index contributed by atoms with van der Waals surface area (Å²) < 4.78 is 26.3. The number of cyclic esters (lactones) is 1. The third kappa shape index (κ3) is 4.74. The summed E-state index contributed by atoms with van der Waals surface area (Å²) in [5.41, 5.74) is 0.300. The molecule has 1 amide bonds. The van der Waals surface area contributed by atoms with Crippen molar-refractivity contribution < 1.29 is 33.1 Å². The Balaban J connectivity index is 1.68. The maximum absolute atomic E-state index is 12.4. The van der Waals surface area contributed by atoms with Crippen LogP contribution in [0.5, 0.6) is 0 Å². The largest absolute Gasteiger partial charge is 0.555 e. The second-order valence-electron chi connectivity index (χ2n) is 9.70. The van der Waals surface area contributed by atoms with Gasteiger partial charge >= 0.3 is 6.09 Å². The molecule has 3 rings (SSSR count). The third-order valence-electron chi connectivity index (χ3n) is 6.62. The molecule has 1 aliphatic carbocycles. The van der Waals surface area contributed by atoms with E-state index >= 15 is 0 Å². The van der Waals surface area contributed by atoms with E-state index in [1.807, 2.05) is 13.8 Å². The topological polar surface area (TPSA) is 118 Å². The lowest BCUT2D eigenvalue weighted by Gasteiger charge is -2.40. The van der Waals surface area contributed by atoms with E-state index in [4.69, 9.17) is 4.74 Å². The highest BCUT2D eigenvalue weighted by Gasteiger charge is 2.54. The Labute approximate surface area is 188 Å². The van der Waals surface area contributed by atoms with E-state index in [1.165, 1.54) is 6.92 Å². The number of aldehydes is 1. The lowest BCUT2D eigenvalue weighted by Crippen LogP contribution is -2.48. The average molecular weight is 465 g/mol. The first-order valence-electron chi connectivity index (χ1n) is 10.5. The molecule has 0 aromatic heterocycles. The number of carbonyl (C=O) groups excluding carboxylic acids is 2. The number of aliphatic hydroxyl groups is 1. The fraction of sp³-hybridized carbons (Fsp3) is 0.565. The lowest BCUT2D eigenvalue weighted by molar-refractivity contribution is -0.110. The monoisotopic (exact) mass is 464 g/mol. The third-order valence-corrected chi connectivity index (χ3v) is 8.58. The molecule has 1 saturated heterocycles.